The Balaban J connectivity index is 2.33. The van der Waals surface area contributed by atoms with Crippen LogP contribution in [0.1, 0.15) is 0 Å². The van der Waals surface area contributed by atoms with Crippen molar-refractivity contribution in [3.8, 4) is 5.75 Å². The smallest absolute Gasteiger partial charge is 0.421 e. The highest BCUT2D eigenvalue weighted by molar-refractivity contribution is 7.66. The van der Waals surface area contributed by atoms with E-state index in [1.54, 1.807) is 54.6 Å². The van der Waals surface area contributed by atoms with Gasteiger partial charge < -0.3 is 4.52 Å². The molecule has 2 aromatic rings. The summed E-state index contributed by atoms with van der Waals surface area (Å²) in [7, 11) is -4.30. The van der Waals surface area contributed by atoms with Gasteiger partial charge in [-0.15, -0.1) is 0 Å². The minimum Gasteiger partial charge on any atom is -0.421 e. The zero-order valence-electron chi connectivity index (χ0n) is 9.30. The van der Waals surface area contributed by atoms with Crippen molar-refractivity contribution in [2.45, 2.75) is 0 Å². The molecular weight excluding hydrogens is 270 g/mol. The van der Waals surface area contributed by atoms with Gasteiger partial charge in [-0.05, 0) is 24.3 Å². The molecule has 0 bridgehead atoms. The van der Waals surface area contributed by atoms with E-state index in [1.807, 2.05) is 6.07 Å². The van der Waals surface area contributed by atoms with Crippen molar-refractivity contribution in [2.24, 2.45) is 0 Å². The van der Waals surface area contributed by atoms with E-state index in [0.29, 0.717) is 11.1 Å². The predicted octanol–water partition coefficient (Wildman–Crippen LogP) is 3.81. The van der Waals surface area contributed by atoms with Crippen LogP contribution in [0.25, 0.3) is 0 Å². The molecule has 0 aliphatic rings. The molecule has 0 radical (unpaired) electrons. The fourth-order valence-corrected chi connectivity index (χ4v) is 3.29. The molecule has 6 heteroatoms. The Kier molecular flexibility index (Phi) is 4.27. The number of hydrogen-bond donors (Lipinski definition) is 0. The van der Waals surface area contributed by atoms with E-state index in [4.69, 9.17) is 8.83 Å². The van der Waals surface area contributed by atoms with Crippen molar-refractivity contribution in [1.82, 2.24) is 0 Å². The van der Waals surface area contributed by atoms with Gasteiger partial charge >= 0.3 is 16.3 Å². The molecule has 1 atom stereocenters. The average molecular weight is 280 g/mol. The number of benzene rings is 2. The monoisotopic (exact) mass is 280 g/mol. The minimum absolute atomic E-state index is 0.359. The second-order valence-corrected chi connectivity index (χ2v) is 5.89. The second kappa shape index (κ2) is 5.92. The number of rotatable bonds is 5. The van der Waals surface area contributed by atoms with E-state index in [9.17, 15) is 9.13 Å². The summed E-state index contributed by atoms with van der Waals surface area (Å²) in [6.07, 6.45) is 0. The summed E-state index contributed by atoms with van der Waals surface area (Å²) < 4.78 is 33.3. The van der Waals surface area contributed by atoms with Gasteiger partial charge in [0.25, 0.3) is 0 Å². The van der Waals surface area contributed by atoms with Gasteiger partial charge in [-0.25, -0.2) is 13.4 Å². The van der Waals surface area contributed by atoms with Gasteiger partial charge in [0.15, 0.2) is 0 Å². The summed E-state index contributed by atoms with van der Waals surface area (Å²) in [5.41, 5.74) is 0. The maximum atomic E-state index is 12.5. The quantitative estimate of drug-likeness (QED) is 0.781. The molecule has 0 amide bonds. The molecule has 4 nitrogen and oxygen atoms in total. The molecule has 0 heterocycles. The van der Waals surface area contributed by atoms with Gasteiger partial charge in [-0.1, -0.05) is 36.4 Å². The number of hydrogen-bond acceptors (Lipinski definition) is 4. The van der Waals surface area contributed by atoms with E-state index in [0.717, 1.165) is 0 Å². The SMILES string of the molecule is O=POP(=O)(Oc1ccccc1)c1ccccc1. The summed E-state index contributed by atoms with van der Waals surface area (Å²) in [5.74, 6) is 0.397. The van der Waals surface area contributed by atoms with Gasteiger partial charge in [0.1, 0.15) is 5.75 Å². The van der Waals surface area contributed by atoms with Gasteiger partial charge in [-0.3, -0.25) is 0 Å². The lowest BCUT2D eigenvalue weighted by molar-refractivity contribution is 0.407. The highest BCUT2D eigenvalue weighted by atomic mass is 31.2. The standard InChI is InChI=1S/C12H10O4P2/c13-17-16-18(14,12-9-5-2-6-10-12)15-11-7-3-1-4-8-11/h1-10H. The van der Waals surface area contributed by atoms with Gasteiger partial charge in [0.05, 0.1) is 5.30 Å². The van der Waals surface area contributed by atoms with Crippen LogP contribution in [-0.4, -0.2) is 0 Å². The van der Waals surface area contributed by atoms with Crippen molar-refractivity contribution in [3.63, 3.8) is 0 Å². The summed E-state index contributed by atoms with van der Waals surface area (Å²) in [5, 5.41) is 0.359. The lowest BCUT2D eigenvalue weighted by Gasteiger charge is -2.15. The fourth-order valence-electron chi connectivity index (χ4n) is 1.39. The maximum absolute atomic E-state index is 12.5. The Morgan fingerprint density at radius 1 is 0.889 bits per heavy atom. The van der Waals surface area contributed by atoms with Crippen molar-refractivity contribution < 1.29 is 18.0 Å². The highest BCUT2D eigenvalue weighted by Gasteiger charge is 2.29. The lowest BCUT2D eigenvalue weighted by Crippen LogP contribution is -2.09. The van der Waals surface area contributed by atoms with Gasteiger partial charge in [0, 0.05) is 0 Å². The van der Waals surface area contributed by atoms with Crippen LogP contribution in [0.3, 0.4) is 0 Å². The van der Waals surface area contributed by atoms with E-state index in [1.165, 1.54) is 0 Å². The van der Waals surface area contributed by atoms with Gasteiger partial charge in [-0.2, -0.15) is 0 Å². The zero-order valence-corrected chi connectivity index (χ0v) is 11.1. The molecule has 0 spiro atoms. The third-order valence-electron chi connectivity index (χ3n) is 2.18. The van der Waals surface area contributed by atoms with Crippen molar-refractivity contribution in [1.29, 1.82) is 0 Å². The van der Waals surface area contributed by atoms with Crippen LogP contribution in [0.5, 0.6) is 5.75 Å². The third-order valence-corrected chi connectivity index (χ3v) is 4.69. The van der Waals surface area contributed by atoms with Crippen LogP contribution in [0.15, 0.2) is 60.7 Å². The molecule has 0 aliphatic heterocycles. The van der Waals surface area contributed by atoms with E-state index < -0.39 is 16.3 Å². The largest absolute Gasteiger partial charge is 0.421 e. The Hall–Kier alpha value is -1.47. The zero-order chi connectivity index (χ0) is 12.8. The first-order chi connectivity index (χ1) is 8.74. The molecule has 92 valence electrons. The molecule has 0 aliphatic carbocycles. The van der Waals surface area contributed by atoms with Crippen LogP contribution in [-0.2, 0) is 13.4 Å². The van der Waals surface area contributed by atoms with Gasteiger partial charge in [0.2, 0.25) is 0 Å². The van der Waals surface area contributed by atoms with Crippen molar-refractivity contribution in [2.75, 3.05) is 0 Å². The van der Waals surface area contributed by atoms with Crippen LogP contribution >= 0.6 is 16.3 Å². The molecular formula is C12H10O4P2. The van der Waals surface area contributed by atoms with Crippen LogP contribution in [0, 0.1) is 0 Å². The average Bonchev–Trinajstić information content (AvgIpc) is 2.41. The first-order valence-corrected chi connectivity index (χ1v) is 7.43. The Morgan fingerprint density at radius 2 is 1.44 bits per heavy atom. The van der Waals surface area contributed by atoms with Crippen LogP contribution < -0.4 is 9.83 Å². The second-order valence-electron chi connectivity index (χ2n) is 3.39. The molecule has 0 saturated carbocycles. The van der Waals surface area contributed by atoms with E-state index >= 15 is 0 Å². The Morgan fingerprint density at radius 3 is 2.00 bits per heavy atom. The fraction of sp³-hybridized carbons (Fsp3) is 0. The first kappa shape index (κ1) is 13.0. The molecule has 2 rings (SSSR count). The Bertz CT molecular complexity index is 557. The van der Waals surface area contributed by atoms with E-state index in [-0.39, 0.29) is 0 Å². The summed E-state index contributed by atoms with van der Waals surface area (Å²) in [6, 6.07) is 17.0. The van der Waals surface area contributed by atoms with Crippen molar-refractivity contribution >= 4 is 21.6 Å². The highest BCUT2D eigenvalue weighted by Crippen LogP contribution is 2.50. The van der Waals surface area contributed by atoms with Crippen LogP contribution in [0.4, 0.5) is 0 Å². The molecule has 18 heavy (non-hydrogen) atoms. The van der Waals surface area contributed by atoms with Crippen molar-refractivity contribution in [3.05, 3.63) is 60.7 Å². The summed E-state index contributed by atoms with van der Waals surface area (Å²) >= 11 is 0. The molecule has 0 fully saturated rings. The number of para-hydroxylation sites is 1. The minimum atomic E-state index is -3.62. The molecule has 2 aromatic carbocycles. The summed E-state index contributed by atoms with van der Waals surface area (Å²) in [4.78, 5) is 0. The predicted molar refractivity (Wildman–Crippen MR) is 69.4 cm³/mol. The summed E-state index contributed by atoms with van der Waals surface area (Å²) in [6.45, 7) is 0. The van der Waals surface area contributed by atoms with E-state index in [2.05, 4.69) is 0 Å². The normalized spacial score (nSPS) is 14.0. The Labute approximate surface area is 106 Å². The molecule has 1 unspecified atom stereocenters. The lowest BCUT2D eigenvalue weighted by atomic mass is 10.3. The topological polar surface area (TPSA) is 52.6 Å². The van der Waals surface area contributed by atoms with Crippen LogP contribution in [0.2, 0.25) is 0 Å². The molecule has 0 aromatic heterocycles. The third kappa shape index (κ3) is 3.05. The maximum Gasteiger partial charge on any atom is 0.421 e. The molecule has 0 saturated heterocycles. The first-order valence-electron chi connectivity index (χ1n) is 5.16. The molecule has 0 N–H and O–H groups in total.